The molecule has 44 heavy (non-hydrogen) atoms. The number of hydrogen-bond acceptors (Lipinski definition) is 3. The number of para-hydroxylation sites is 1. The third-order valence-corrected chi connectivity index (χ3v) is 7.06. The molecule has 0 aromatic heterocycles. The van der Waals surface area contributed by atoms with Crippen molar-refractivity contribution in [2.24, 2.45) is 5.92 Å². The summed E-state index contributed by atoms with van der Waals surface area (Å²) in [5.41, 5.74) is 8.59. The maximum atomic E-state index is 11.0. The largest absolute Gasteiger partial charge is 0.507 e. The maximum absolute atomic E-state index is 11.0. The normalized spacial score (nSPS) is 10.3. The molecule has 2 N–H and O–H groups in total. The molecular weight excluding hydrogens is 538 g/mol. The van der Waals surface area contributed by atoms with E-state index in [1.165, 1.54) is 54.4 Å². The Labute approximate surface area is 271 Å². The zero-order valence-corrected chi connectivity index (χ0v) is 29.9. The highest BCUT2D eigenvalue weighted by Crippen LogP contribution is 2.25. The van der Waals surface area contributed by atoms with Gasteiger partial charge in [0.05, 0.1) is 0 Å². The van der Waals surface area contributed by atoms with E-state index in [4.69, 9.17) is 0 Å². The van der Waals surface area contributed by atoms with Crippen LogP contribution in [0.25, 0.3) is 11.6 Å². The number of carbonyl (C=O) groups is 1. The number of nitrogens with one attached hydrogen (secondary N) is 1. The van der Waals surface area contributed by atoms with Gasteiger partial charge in [0, 0.05) is 24.7 Å². The van der Waals surface area contributed by atoms with Crippen molar-refractivity contribution in [2.45, 2.75) is 108 Å². The van der Waals surface area contributed by atoms with Crippen molar-refractivity contribution in [2.75, 3.05) is 7.05 Å². The van der Waals surface area contributed by atoms with Crippen LogP contribution in [0.4, 0.5) is 0 Å². The average Bonchev–Trinajstić information content (AvgIpc) is 3.45. The molecule has 3 rings (SSSR count). The topological polar surface area (TPSA) is 49.3 Å². The first kappa shape index (κ1) is 42.5. The Bertz CT molecular complexity index is 1200. The molecule has 0 radical (unpaired) electrons. The Hall–Kier alpha value is -3.59. The molecule has 0 saturated carbocycles. The summed E-state index contributed by atoms with van der Waals surface area (Å²) in [6.45, 7) is 28.1. The van der Waals surface area contributed by atoms with Gasteiger partial charge in [-0.05, 0) is 81.0 Å². The average molecular weight is 602 g/mol. The number of carbonyl (C=O) groups excluding carboxylic acids is 1. The fourth-order valence-electron chi connectivity index (χ4n) is 4.42. The number of hydrogen-bond donors (Lipinski definition) is 2. The van der Waals surface area contributed by atoms with Crippen molar-refractivity contribution < 1.29 is 9.90 Å². The number of phenolic OH excluding ortho intramolecular Hbond substituents is 1. The number of Topliss-reactive ketones (excluding diaryl/α,β-unsaturated/α-hetero) is 1. The molecule has 1 aliphatic rings. The van der Waals surface area contributed by atoms with E-state index in [-0.39, 0.29) is 11.5 Å². The molecule has 0 unspecified atom stereocenters. The molecule has 0 bridgehead atoms. The fraction of sp³-hybridized carbons (Fsp3) is 0.439. The van der Waals surface area contributed by atoms with E-state index >= 15 is 0 Å². The van der Waals surface area contributed by atoms with Gasteiger partial charge in [-0.25, -0.2) is 0 Å². The number of likely N-dealkylation sites (N-methyl/N-ethyl adjacent to an activating group) is 1. The highest BCUT2D eigenvalue weighted by Gasteiger charge is 2.14. The van der Waals surface area contributed by atoms with Gasteiger partial charge in [0.15, 0.2) is 5.78 Å². The monoisotopic (exact) mass is 601 g/mol. The number of benzene rings is 2. The minimum atomic E-state index is 0.186. The molecule has 0 amide bonds. The number of unbranched alkanes of at least 4 members (excludes halogenated alkanes) is 1. The molecule has 0 aliphatic heterocycles. The van der Waals surface area contributed by atoms with Crippen LogP contribution < -0.4 is 5.32 Å². The molecule has 3 nitrogen and oxygen atoms in total. The molecule has 0 fully saturated rings. The molecule has 3 heteroatoms. The van der Waals surface area contributed by atoms with Crippen LogP contribution in [0.1, 0.15) is 118 Å². The first-order valence-corrected chi connectivity index (χ1v) is 16.3. The fourth-order valence-corrected chi connectivity index (χ4v) is 4.42. The molecule has 0 saturated heterocycles. The lowest BCUT2D eigenvalue weighted by atomic mass is 9.97. The summed E-state index contributed by atoms with van der Waals surface area (Å²) in [7, 11) is 1.89. The smallest absolute Gasteiger partial charge is 0.156 e. The van der Waals surface area contributed by atoms with Crippen molar-refractivity contribution in [1.82, 2.24) is 5.32 Å². The molecule has 2 aromatic rings. The number of allylic oxidation sites excluding steroid dienone is 6. The molecule has 0 atom stereocenters. The number of ketones is 1. The molecule has 2 aromatic carbocycles. The summed E-state index contributed by atoms with van der Waals surface area (Å²) in [6.07, 6.45) is 13.5. The van der Waals surface area contributed by atoms with Gasteiger partial charge in [-0.2, -0.15) is 0 Å². The second kappa shape index (κ2) is 25.9. The summed E-state index contributed by atoms with van der Waals surface area (Å²) in [4.78, 5) is 11.0. The van der Waals surface area contributed by atoms with Crippen LogP contribution in [-0.2, 0) is 11.2 Å². The van der Waals surface area contributed by atoms with Crippen LogP contribution in [0, 0.1) is 5.92 Å². The zero-order chi connectivity index (χ0) is 34.1. The Morgan fingerprint density at radius 2 is 1.52 bits per heavy atom. The van der Waals surface area contributed by atoms with Crippen LogP contribution in [0.3, 0.4) is 0 Å². The van der Waals surface area contributed by atoms with E-state index in [0.717, 1.165) is 34.7 Å². The molecule has 244 valence electrons. The van der Waals surface area contributed by atoms with Crippen LogP contribution in [0.2, 0.25) is 0 Å². The predicted octanol–water partition coefficient (Wildman–Crippen LogP) is 11.9. The minimum Gasteiger partial charge on any atom is -0.507 e. The quantitative estimate of drug-likeness (QED) is 0.266. The first-order valence-electron chi connectivity index (χ1n) is 16.3. The van der Waals surface area contributed by atoms with Crippen molar-refractivity contribution in [1.29, 1.82) is 0 Å². The summed E-state index contributed by atoms with van der Waals surface area (Å²) in [5.74, 6) is 1.47. The summed E-state index contributed by atoms with van der Waals surface area (Å²) >= 11 is 0. The zero-order valence-electron chi connectivity index (χ0n) is 29.9. The number of phenols is 1. The lowest BCUT2D eigenvalue weighted by Gasteiger charge is -2.09. The molecule has 0 spiro atoms. The van der Waals surface area contributed by atoms with Gasteiger partial charge >= 0.3 is 0 Å². The second-order valence-electron chi connectivity index (χ2n) is 11.1. The van der Waals surface area contributed by atoms with Crippen molar-refractivity contribution in [3.8, 4) is 5.75 Å². The first-order chi connectivity index (χ1) is 20.9. The number of rotatable bonds is 10. The molecular formula is C41H63NO2. The van der Waals surface area contributed by atoms with Crippen molar-refractivity contribution in [3.63, 3.8) is 0 Å². The van der Waals surface area contributed by atoms with E-state index in [9.17, 15) is 9.90 Å². The van der Waals surface area contributed by atoms with Gasteiger partial charge in [-0.15, -0.1) is 0 Å². The van der Waals surface area contributed by atoms with Crippen molar-refractivity contribution in [3.05, 3.63) is 113 Å². The van der Waals surface area contributed by atoms with Crippen LogP contribution in [-0.4, -0.2) is 17.9 Å². The van der Waals surface area contributed by atoms with Gasteiger partial charge in [0.25, 0.3) is 0 Å². The lowest BCUT2D eigenvalue weighted by molar-refractivity contribution is -0.113. The highest BCUT2D eigenvalue weighted by molar-refractivity contribution is 6.00. The Balaban J connectivity index is 0. The van der Waals surface area contributed by atoms with E-state index in [1.807, 2.05) is 97.1 Å². The molecule has 1 aliphatic carbocycles. The predicted molar refractivity (Wildman–Crippen MR) is 198 cm³/mol. The third kappa shape index (κ3) is 18.2. The number of fused-ring (bicyclic) bond motifs is 1. The number of aromatic hydroxyl groups is 1. The van der Waals surface area contributed by atoms with Gasteiger partial charge in [-0.3, -0.25) is 4.79 Å². The van der Waals surface area contributed by atoms with E-state index < -0.39 is 0 Å². The van der Waals surface area contributed by atoms with E-state index in [0.29, 0.717) is 0 Å². The Kier molecular flexibility index (Phi) is 25.0. The van der Waals surface area contributed by atoms with Crippen LogP contribution in [0.15, 0.2) is 96.3 Å². The highest BCUT2D eigenvalue weighted by atomic mass is 16.3. The summed E-state index contributed by atoms with van der Waals surface area (Å²) in [6, 6.07) is 15.3. The summed E-state index contributed by atoms with van der Waals surface area (Å²) in [5, 5.41) is 12.5. The van der Waals surface area contributed by atoms with E-state index in [1.54, 1.807) is 19.1 Å². The minimum absolute atomic E-state index is 0.186. The van der Waals surface area contributed by atoms with Crippen LogP contribution >= 0.6 is 0 Å². The van der Waals surface area contributed by atoms with Crippen LogP contribution in [0.5, 0.6) is 5.75 Å². The van der Waals surface area contributed by atoms with Gasteiger partial charge in [0.2, 0.25) is 0 Å². The SMILES string of the molecule is C=C(C=C(C)C)c1ccccc1O.C=CC(NC)=C(C)C.CC.CC(=O)C1=Cc2ccccc2C1.CCCCC(CC)CC. The Morgan fingerprint density at radius 3 is 1.93 bits per heavy atom. The van der Waals surface area contributed by atoms with Crippen molar-refractivity contribution >= 4 is 17.4 Å². The Morgan fingerprint density at radius 1 is 0.955 bits per heavy atom. The standard InChI is InChI=1S/C12H14O.C11H10O.C9H20.C7H13N.C2H6/c1-9(2)8-10(3)11-6-4-5-7-12(11)13;1-8(12)11-6-9-4-2-3-5-10(9)7-11;1-4-7-8-9(5-2)6-3;1-5-7(8-4)6(2)3;1-2/h4-8,13H,3H2,1-2H3;2-6H,7H2,1H3;9H,4-8H2,1-3H3;5,8H,1H2,2-4H3;1-2H3. The second-order valence-corrected chi connectivity index (χ2v) is 11.1. The lowest BCUT2D eigenvalue weighted by Crippen LogP contribution is -2.03. The maximum Gasteiger partial charge on any atom is 0.156 e. The molecule has 0 heterocycles. The van der Waals surface area contributed by atoms with E-state index in [2.05, 4.69) is 45.3 Å². The van der Waals surface area contributed by atoms with Gasteiger partial charge < -0.3 is 10.4 Å². The van der Waals surface area contributed by atoms with Gasteiger partial charge in [-0.1, -0.05) is 140 Å². The van der Waals surface area contributed by atoms with Gasteiger partial charge in [0.1, 0.15) is 5.75 Å². The summed E-state index contributed by atoms with van der Waals surface area (Å²) < 4.78 is 0. The third-order valence-electron chi connectivity index (χ3n) is 7.06.